The van der Waals surface area contributed by atoms with Crippen LogP contribution in [0.3, 0.4) is 0 Å². The first kappa shape index (κ1) is 17.8. The molecule has 0 saturated heterocycles. The Hall–Kier alpha value is -2.23. The summed E-state index contributed by atoms with van der Waals surface area (Å²) in [7, 11) is 1.21. The first-order valence-electron chi connectivity index (χ1n) is 6.24. The third kappa shape index (κ3) is 6.64. The van der Waals surface area contributed by atoms with E-state index in [-0.39, 0.29) is 19.4 Å². The van der Waals surface area contributed by atoms with Crippen molar-refractivity contribution in [2.75, 3.05) is 20.2 Å². The van der Waals surface area contributed by atoms with Crippen LogP contribution in [-0.2, 0) is 14.3 Å². The molecule has 0 saturated carbocycles. The molecule has 7 heteroatoms. The van der Waals surface area contributed by atoms with Crippen LogP contribution >= 0.6 is 0 Å². The monoisotopic (exact) mass is 284 g/mol. The number of urea groups is 1. The Bertz CT molecular complexity index is 389. The molecule has 0 fully saturated rings. The van der Waals surface area contributed by atoms with E-state index in [2.05, 4.69) is 16.0 Å². The van der Waals surface area contributed by atoms with E-state index in [1.807, 2.05) is 6.92 Å². The van der Waals surface area contributed by atoms with Crippen LogP contribution < -0.4 is 5.32 Å². The molecular formula is C13H20N2O5. The third-order valence-electron chi connectivity index (χ3n) is 2.52. The summed E-state index contributed by atoms with van der Waals surface area (Å²) >= 11 is 0. The summed E-state index contributed by atoms with van der Waals surface area (Å²) in [6.07, 6.45) is 5.73. The normalized spacial score (nSPS) is 11.1. The molecule has 0 aromatic heterocycles. The number of nitrogens with one attached hydrogen (secondary N) is 1. The van der Waals surface area contributed by atoms with Crippen molar-refractivity contribution in [1.29, 1.82) is 0 Å². The average Bonchev–Trinajstić information content (AvgIpc) is 2.42. The smallest absolute Gasteiger partial charge is 0.326 e. The lowest BCUT2D eigenvalue weighted by molar-refractivity contribution is -0.142. The number of carboxylic acids is 1. The predicted molar refractivity (Wildman–Crippen MR) is 71.9 cm³/mol. The lowest BCUT2D eigenvalue weighted by Gasteiger charge is -2.22. The van der Waals surface area contributed by atoms with E-state index < -0.39 is 24.0 Å². The number of hydrogen-bond donors (Lipinski definition) is 2. The molecule has 7 nitrogen and oxygen atoms in total. The highest BCUT2D eigenvalue weighted by Crippen LogP contribution is 2.02. The molecule has 20 heavy (non-hydrogen) atoms. The minimum atomic E-state index is -1.21. The molecule has 1 atom stereocenters. The van der Waals surface area contributed by atoms with Crippen molar-refractivity contribution in [3.8, 4) is 12.3 Å². The van der Waals surface area contributed by atoms with Gasteiger partial charge in [0.05, 0.1) is 13.7 Å². The van der Waals surface area contributed by atoms with Crippen molar-refractivity contribution in [3.63, 3.8) is 0 Å². The first-order valence-corrected chi connectivity index (χ1v) is 6.24. The molecule has 112 valence electrons. The molecule has 0 heterocycles. The highest BCUT2D eigenvalue weighted by Gasteiger charge is 2.23. The van der Waals surface area contributed by atoms with E-state index in [0.29, 0.717) is 13.0 Å². The maximum Gasteiger partial charge on any atom is 0.326 e. The minimum Gasteiger partial charge on any atom is -0.480 e. The van der Waals surface area contributed by atoms with Crippen molar-refractivity contribution in [1.82, 2.24) is 10.2 Å². The fourth-order valence-electron chi connectivity index (χ4n) is 1.49. The number of amides is 2. The Morgan fingerprint density at radius 3 is 2.55 bits per heavy atom. The van der Waals surface area contributed by atoms with Gasteiger partial charge in [-0.2, -0.15) is 0 Å². The van der Waals surface area contributed by atoms with Crippen LogP contribution in [0.25, 0.3) is 0 Å². The first-order chi connectivity index (χ1) is 9.46. The van der Waals surface area contributed by atoms with Crippen molar-refractivity contribution in [2.45, 2.75) is 32.2 Å². The van der Waals surface area contributed by atoms with Gasteiger partial charge in [-0.25, -0.2) is 9.59 Å². The van der Waals surface area contributed by atoms with Crippen LogP contribution in [0, 0.1) is 12.3 Å². The van der Waals surface area contributed by atoms with Gasteiger partial charge in [0.25, 0.3) is 0 Å². The fourth-order valence-corrected chi connectivity index (χ4v) is 1.49. The Morgan fingerprint density at radius 2 is 2.10 bits per heavy atom. The van der Waals surface area contributed by atoms with Gasteiger partial charge in [-0.15, -0.1) is 6.42 Å². The summed E-state index contributed by atoms with van der Waals surface area (Å²) < 4.78 is 4.43. The van der Waals surface area contributed by atoms with Crippen molar-refractivity contribution in [3.05, 3.63) is 0 Å². The molecule has 2 amide bonds. The Labute approximate surface area is 118 Å². The van der Waals surface area contributed by atoms with Crippen LogP contribution in [-0.4, -0.2) is 54.2 Å². The van der Waals surface area contributed by atoms with Gasteiger partial charge in [0.1, 0.15) is 6.04 Å². The summed E-state index contributed by atoms with van der Waals surface area (Å²) in [6, 6.07) is -1.71. The van der Waals surface area contributed by atoms with Crippen LogP contribution in [0.2, 0.25) is 0 Å². The molecule has 2 N–H and O–H groups in total. The van der Waals surface area contributed by atoms with E-state index in [1.54, 1.807) is 0 Å². The number of nitrogens with zero attached hydrogens (tertiary/aromatic N) is 1. The van der Waals surface area contributed by atoms with Crippen LogP contribution in [0.15, 0.2) is 0 Å². The lowest BCUT2D eigenvalue weighted by Crippen LogP contribution is -2.48. The van der Waals surface area contributed by atoms with Gasteiger partial charge in [-0.05, 0) is 12.8 Å². The number of terminal acetylenes is 1. The van der Waals surface area contributed by atoms with E-state index >= 15 is 0 Å². The summed E-state index contributed by atoms with van der Waals surface area (Å²) in [5.41, 5.74) is 0. The molecule has 0 spiro atoms. The number of ether oxygens (including phenoxy) is 1. The zero-order chi connectivity index (χ0) is 15.5. The number of hydrogen-bond acceptors (Lipinski definition) is 4. The molecule has 0 rings (SSSR count). The third-order valence-corrected chi connectivity index (χ3v) is 2.52. The topological polar surface area (TPSA) is 95.9 Å². The second-order valence-corrected chi connectivity index (χ2v) is 4.08. The van der Waals surface area contributed by atoms with Gasteiger partial charge in [0, 0.05) is 13.0 Å². The van der Waals surface area contributed by atoms with Crippen molar-refractivity contribution < 1.29 is 24.2 Å². The molecule has 0 aromatic carbocycles. The number of esters is 1. The Balaban J connectivity index is 4.56. The van der Waals surface area contributed by atoms with Gasteiger partial charge < -0.3 is 20.1 Å². The van der Waals surface area contributed by atoms with Gasteiger partial charge in [0.2, 0.25) is 0 Å². The molecule has 0 aliphatic rings. The van der Waals surface area contributed by atoms with Gasteiger partial charge >= 0.3 is 18.0 Å². The molecule has 0 aromatic rings. The lowest BCUT2D eigenvalue weighted by atomic mass is 10.1. The highest BCUT2D eigenvalue weighted by molar-refractivity contribution is 5.83. The number of methoxy groups -OCH3 is 1. The van der Waals surface area contributed by atoms with Crippen molar-refractivity contribution in [2.24, 2.45) is 0 Å². The molecule has 0 bridgehead atoms. The van der Waals surface area contributed by atoms with Crippen LogP contribution in [0.1, 0.15) is 26.2 Å². The zero-order valence-electron chi connectivity index (χ0n) is 11.7. The SMILES string of the molecule is C#CCN(CCC)C(=O)N[C@@H](CCC(=O)OC)C(=O)O. The van der Waals surface area contributed by atoms with E-state index in [9.17, 15) is 14.4 Å². The van der Waals surface area contributed by atoms with E-state index in [0.717, 1.165) is 0 Å². The summed E-state index contributed by atoms with van der Waals surface area (Å²) in [5.74, 6) is 0.602. The van der Waals surface area contributed by atoms with Gasteiger partial charge in [-0.1, -0.05) is 12.8 Å². The Morgan fingerprint density at radius 1 is 1.45 bits per heavy atom. The second kappa shape index (κ2) is 9.67. The number of aliphatic carboxylic acids is 1. The van der Waals surface area contributed by atoms with Crippen LogP contribution in [0.4, 0.5) is 4.79 Å². The maximum atomic E-state index is 11.9. The molecule has 0 unspecified atom stereocenters. The fraction of sp³-hybridized carbons (Fsp3) is 0.615. The average molecular weight is 284 g/mol. The predicted octanol–water partition coefficient (Wildman–Crippen LogP) is 0.448. The van der Waals surface area contributed by atoms with E-state index in [4.69, 9.17) is 11.5 Å². The summed E-state index contributed by atoms with van der Waals surface area (Å²) in [4.78, 5) is 35.3. The highest BCUT2D eigenvalue weighted by atomic mass is 16.5. The molecule has 0 aliphatic carbocycles. The quantitative estimate of drug-likeness (QED) is 0.498. The summed E-state index contributed by atoms with van der Waals surface area (Å²) in [6.45, 7) is 2.41. The molecular weight excluding hydrogens is 264 g/mol. The number of carboxylic acid groups (broad SMARTS) is 1. The van der Waals surface area contributed by atoms with Gasteiger partial charge in [-0.3, -0.25) is 4.79 Å². The largest absolute Gasteiger partial charge is 0.480 e. The standard InChI is InChI=1S/C13H20N2O5/c1-4-8-15(9-5-2)13(19)14-10(12(17)18)6-7-11(16)20-3/h1,10H,5-9H2,2-3H3,(H,14,19)(H,17,18)/t10-/m0/s1. The van der Waals surface area contributed by atoms with Crippen molar-refractivity contribution >= 4 is 18.0 Å². The Kier molecular flexibility index (Phi) is 8.59. The zero-order valence-corrected chi connectivity index (χ0v) is 11.7. The second-order valence-electron chi connectivity index (χ2n) is 4.08. The minimum absolute atomic E-state index is 0.0379. The number of carbonyl (C=O) groups is 3. The number of carbonyl (C=O) groups excluding carboxylic acids is 2. The molecule has 0 radical (unpaired) electrons. The van der Waals surface area contributed by atoms with E-state index in [1.165, 1.54) is 12.0 Å². The summed E-state index contributed by atoms with van der Waals surface area (Å²) in [5, 5.41) is 11.4. The maximum absolute atomic E-state index is 11.9. The number of rotatable bonds is 8. The molecule has 0 aliphatic heterocycles. The van der Waals surface area contributed by atoms with Crippen LogP contribution in [0.5, 0.6) is 0 Å². The van der Waals surface area contributed by atoms with Gasteiger partial charge in [0.15, 0.2) is 0 Å².